The van der Waals surface area contributed by atoms with Crippen LogP contribution in [-0.4, -0.2) is 0 Å². The average molecular weight is 384 g/mol. The molecule has 0 nitrogen and oxygen atoms in total. The van der Waals surface area contributed by atoms with Gasteiger partial charge in [0, 0.05) is 40.8 Å². The average Bonchev–Trinajstić information content (AvgIpc) is 0.811. The van der Waals surface area contributed by atoms with Gasteiger partial charge in [0.15, 0.2) is 0 Å². The summed E-state index contributed by atoms with van der Waals surface area (Å²) in [5.74, 6) is 0. The Labute approximate surface area is 96.5 Å². The van der Waals surface area contributed by atoms with E-state index in [0.29, 0.717) is 0 Å². The molecule has 42 valence electrons. The summed E-state index contributed by atoms with van der Waals surface area (Å²) in [6.07, 6.45) is 0. The first-order valence-corrected chi connectivity index (χ1v) is 2.17. The maximum Gasteiger partial charge on any atom is 1.00 e. The smallest absolute Gasteiger partial charge is 1.00 e. The summed E-state index contributed by atoms with van der Waals surface area (Å²) in [7, 11) is 0. The van der Waals surface area contributed by atoms with E-state index in [1.165, 1.54) is 0 Å². The van der Waals surface area contributed by atoms with E-state index in [1.807, 2.05) is 0 Å². The SMILES string of the molecule is [F][Lu]([F])[F].[H-].[Li+].[Nd]. The molecule has 0 saturated carbocycles. The van der Waals surface area contributed by atoms with Crippen LogP contribution in [0.4, 0.5) is 4.39 Å². The van der Waals surface area contributed by atoms with Crippen molar-refractivity contribution in [1.82, 2.24) is 0 Å². The molecular weight excluding hydrogens is 383 g/mol. The van der Waals surface area contributed by atoms with Crippen LogP contribution in [0.15, 0.2) is 0 Å². The molecular formula is HF3LiLuNd. The fourth-order valence-corrected chi connectivity index (χ4v) is 0. The minimum absolute atomic E-state index is 0. The Balaban J connectivity index is -0.0000000150. The van der Waals surface area contributed by atoms with E-state index in [1.54, 1.807) is 0 Å². The molecule has 0 N–H and O–H groups in total. The van der Waals surface area contributed by atoms with Gasteiger partial charge in [-0.1, -0.05) is 0 Å². The molecule has 0 aliphatic carbocycles. The molecule has 0 atom stereocenters. The van der Waals surface area contributed by atoms with Gasteiger partial charge in [-0.05, 0) is 0 Å². The molecule has 0 unspecified atom stereocenters. The Morgan fingerprint density at radius 3 is 1.17 bits per heavy atom. The number of hydrogen-bond acceptors (Lipinski definition) is 0. The molecule has 0 heterocycles. The summed E-state index contributed by atoms with van der Waals surface area (Å²) in [5.41, 5.74) is 0. The molecule has 0 fully saturated rings. The predicted molar refractivity (Wildman–Crippen MR) is 4.44 cm³/mol. The summed E-state index contributed by atoms with van der Waals surface area (Å²) in [5, 5.41) is 0. The van der Waals surface area contributed by atoms with E-state index in [-0.39, 0.29) is 61.1 Å². The Bertz CT molecular complexity index is 19.7. The molecule has 0 aliphatic heterocycles. The van der Waals surface area contributed by atoms with Crippen molar-refractivity contribution in [3.05, 3.63) is 0 Å². The second-order valence-electron chi connectivity index (χ2n) is 0.111. The van der Waals surface area contributed by atoms with Gasteiger partial charge in [-0.15, -0.1) is 0 Å². The van der Waals surface area contributed by atoms with Crippen molar-refractivity contribution in [3.63, 3.8) is 0 Å². The molecule has 6 heteroatoms. The Kier molecular flexibility index (Phi) is 29.0. The topological polar surface area (TPSA) is 0 Å². The first-order chi connectivity index (χ1) is 1.73. The molecule has 0 aromatic heterocycles. The molecule has 0 rings (SSSR count). The molecule has 0 saturated heterocycles. The van der Waals surface area contributed by atoms with Gasteiger partial charge in [0.2, 0.25) is 0 Å². The molecule has 0 aromatic rings. The van der Waals surface area contributed by atoms with Crippen molar-refractivity contribution in [2.45, 2.75) is 0 Å². The monoisotopic (exact) mass is 382 g/mol. The summed E-state index contributed by atoms with van der Waals surface area (Å²) >= 11 is -4.44. The molecule has 0 amide bonds. The fraction of sp³-hybridized carbons (Fsp3) is 0. The molecule has 0 radical (unpaired) electrons. The van der Waals surface area contributed by atoms with Crippen LogP contribution in [0.3, 0.4) is 0 Å². The maximum absolute atomic E-state index is 9.78. The number of rotatable bonds is 0. The van der Waals surface area contributed by atoms with E-state index < -0.39 is 33.4 Å². The van der Waals surface area contributed by atoms with Crippen LogP contribution in [0.25, 0.3) is 0 Å². The van der Waals surface area contributed by atoms with Crippen LogP contribution in [0.1, 0.15) is 1.43 Å². The third-order valence-electron chi connectivity index (χ3n) is 0. The van der Waals surface area contributed by atoms with Crippen LogP contribution >= 0.6 is 0 Å². The van der Waals surface area contributed by atoms with Gasteiger partial charge in [-0.3, -0.25) is 0 Å². The van der Waals surface area contributed by atoms with Crippen molar-refractivity contribution in [2.24, 2.45) is 0 Å². The van der Waals surface area contributed by atoms with Gasteiger partial charge in [-0.25, -0.2) is 0 Å². The van der Waals surface area contributed by atoms with E-state index >= 15 is 0 Å². The third kappa shape index (κ3) is 28.2. The second kappa shape index (κ2) is 10.9. The third-order valence-corrected chi connectivity index (χ3v) is 0. The number of hydrogen-bond donors (Lipinski definition) is 0. The fourth-order valence-electron chi connectivity index (χ4n) is 0. The molecule has 0 spiro atoms. The van der Waals surface area contributed by atoms with E-state index in [2.05, 4.69) is 0 Å². The number of halogens is 3. The van der Waals surface area contributed by atoms with E-state index in [4.69, 9.17) is 0 Å². The van der Waals surface area contributed by atoms with Crippen LogP contribution in [-0.2, 0) is 0 Å². The van der Waals surface area contributed by atoms with Gasteiger partial charge in [0.1, 0.15) is 0 Å². The molecule has 0 aromatic carbocycles. The standard InChI is InChI=1S/3FH.Li.Lu.Nd.H/h3*1H;;;;/q;;;+1;+3;;-1/p-3. The van der Waals surface area contributed by atoms with Crippen LogP contribution < -0.4 is 18.9 Å². The zero-order valence-corrected chi connectivity index (χ0v) is 7.76. The van der Waals surface area contributed by atoms with Crippen LogP contribution in [0.5, 0.6) is 0 Å². The first-order valence-electron chi connectivity index (χ1n) is 0.293. The van der Waals surface area contributed by atoms with E-state index in [9.17, 15) is 4.39 Å². The molecule has 0 bridgehead atoms. The second-order valence-corrected chi connectivity index (χ2v) is 0.821. The first kappa shape index (κ1) is 16.0. The summed E-state index contributed by atoms with van der Waals surface area (Å²) < 4.78 is 29.3. The minimum atomic E-state index is -4.44. The molecule has 0 aliphatic rings. The zero-order chi connectivity index (χ0) is 3.58. The van der Waals surface area contributed by atoms with Crippen LogP contribution in [0.2, 0.25) is 0 Å². The Morgan fingerprint density at radius 2 is 1.17 bits per heavy atom. The molecule has 6 heavy (non-hydrogen) atoms. The largest absolute Gasteiger partial charge is 1.00 e. The minimum Gasteiger partial charge on any atom is -1.00 e. The van der Waals surface area contributed by atoms with Crippen molar-refractivity contribution >= 4 is 0 Å². The van der Waals surface area contributed by atoms with Gasteiger partial charge < -0.3 is 1.43 Å². The summed E-state index contributed by atoms with van der Waals surface area (Å²) in [6, 6.07) is 0. The van der Waals surface area contributed by atoms with Gasteiger partial charge in [0.25, 0.3) is 0 Å². The Morgan fingerprint density at radius 1 is 1.17 bits per heavy atom. The maximum atomic E-state index is 9.78. The zero-order valence-electron chi connectivity index (χ0n) is 3.89. The normalized spacial score (nSPS) is 7.50. The van der Waals surface area contributed by atoms with E-state index in [0.717, 1.165) is 0 Å². The Hall–Kier alpha value is 2.97. The van der Waals surface area contributed by atoms with Crippen molar-refractivity contribution in [3.8, 4) is 0 Å². The summed E-state index contributed by atoms with van der Waals surface area (Å²) in [6.45, 7) is 0. The van der Waals surface area contributed by atoms with Gasteiger partial charge in [0.05, 0.1) is 0 Å². The van der Waals surface area contributed by atoms with Crippen LogP contribution in [0, 0.1) is 74.3 Å². The van der Waals surface area contributed by atoms with Crippen molar-refractivity contribution in [2.75, 3.05) is 0 Å². The van der Waals surface area contributed by atoms with Crippen molar-refractivity contribution < 1.29 is 98.9 Å². The summed E-state index contributed by atoms with van der Waals surface area (Å²) in [4.78, 5) is 0. The van der Waals surface area contributed by atoms with Crippen molar-refractivity contribution in [1.29, 1.82) is 0 Å². The quantitative estimate of drug-likeness (QED) is 0.441. The van der Waals surface area contributed by atoms with Gasteiger partial charge >= 0.3 is 56.7 Å². The predicted octanol–water partition coefficient (Wildman–Crippen LogP) is -1.62. The van der Waals surface area contributed by atoms with Gasteiger partial charge in [-0.2, -0.15) is 0 Å².